The van der Waals surface area contributed by atoms with Crippen LogP contribution in [0.4, 0.5) is 13.2 Å². The molecule has 0 saturated heterocycles. The molecule has 0 atom stereocenters. The number of rotatable bonds is 4. The number of pyridine rings is 1. The van der Waals surface area contributed by atoms with Crippen LogP contribution in [0.15, 0.2) is 60.8 Å². The van der Waals surface area contributed by atoms with Crippen molar-refractivity contribution in [2.24, 2.45) is 0 Å². The Morgan fingerprint density at radius 2 is 1.71 bits per heavy atom. The number of halogens is 4. The lowest BCUT2D eigenvalue weighted by molar-refractivity contribution is -0.137. The van der Waals surface area contributed by atoms with Gasteiger partial charge in [0.2, 0.25) is 0 Å². The highest BCUT2D eigenvalue weighted by molar-refractivity contribution is 6.29. The van der Waals surface area contributed by atoms with E-state index in [1.165, 1.54) is 36.5 Å². The van der Waals surface area contributed by atoms with Gasteiger partial charge in [0, 0.05) is 17.8 Å². The van der Waals surface area contributed by atoms with E-state index in [4.69, 9.17) is 16.7 Å². The summed E-state index contributed by atoms with van der Waals surface area (Å²) < 4.78 is 38.0. The highest BCUT2D eigenvalue weighted by Crippen LogP contribution is 2.31. The van der Waals surface area contributed by atoms with Gasteiger partial charge in [-0.15, -0.1) is 0 Å². The highest BCUT2D eigenvalue weighted by atomic mass is 35.5. The zero-order valence-electron chi connectivity index (χ0n) is 12.1. The predicted octanol–water partition coefficient (Wildman–Crippen LogP) is 4.83. The second-order valence-corrected chi connectivity index (χ2v) is 5.11. The highest BCUT2D eigenvalue weighted by Gasteiger charge is 2.30. The van der Waals surface area contributed by atoms with Gasteiger partial charge in [0.15, 0.2) is 0 Å². The van der Waals surface area contributed by atoms with Crippen LogP contribution in [0.3, 0.4) is 0 Å². The number of carboxylic acid groups (broad SMARTS) is 1. The minimum Gasteiger partial charge on any atom is -0.478 e. The molecule has 124 valence electrons. The fraction of sp³-hybridized carbons (Fsp3) is 0.0588. The Morgan fingerprint density at radius 3 is 2.21 bits per heavy atom. The molecule has 0 bridgehead atoms. The molecule has 1 aromatic carbocycles. The summed E-state index contributed by atoms with van der Waals surface area (Å²) in [5.74, 6) is -1.13. The van der Waals surface area contributed by atoms with Crippen molar-refractivity contribution in [3.05, 3.63) is 82.7 Å². The van der Waals surface area contributed by atoms with Crippen LogP contribution >= 0.6 is 11.6 Å². The molecule has 0 spiro atoms. The third-order valence-corrected chi connectivity index (χ3v) is 3.29. The SMILES string of the molecule is O=C(O)/C=C/C=C(\c1ccc(C(F)(F)F)cc1)c1ccc(Cl)nc1. The smallest absolute Gasteiger partial charge is 0.416 e. The number of carbonyl (C=O) groups is 1. The van der Waals surface area contributed by atoms with E-state index < -0.39 is 17.7 Å². The van der Waals surface area contributed by atoms with Crippen molar-refractivity contribution in [2.45, 2.75) is 6.18 Å². The van der Waals surface area contributed by atoms with Gasteiger partial charge in [-0.1, -0.05) is 35.9 Å². The topological polar surface area (TPSA) is 50.2 Å². The van der Waals surface area contributed by atoms with E-state index in [1.807, 2.05) is 0 Å². The third kappa shape index (κ3) is 4.70. The van der Waals surface area contributed by atoms with Crippen LogP contribution in [0.1, 0.15) is 16.7 Å². The van der Waals surface area contributed by atoms with Crippen molar-refractivity contribution in [1.29, 1.82) is 0 Å². The van der Waals surface area contributed by atoms with Crippen molar-refractivity contribution < 1.29 is 23.1 Å². The third-order valence-electron chi connectivity index (χ3n) is 3.06. The van der Waals surface area contributed by atoms with E-state index in [1.54, 1.807) is 6.07 Å². The van der Waals surface area contributed by atoms with Gasteiger partial charge in [-0.3, -0.25) is 0 Å². The maximum absolute atomic E-state index is 12.7. The van der Waals surface area contributed by atoms with Gasteiger partial charge < -0.3 is 5.11 Å². The Kier molecular flexibility index (Phi) is 5.41. The molecule has 0 aliphatic carbocycles. The largest absolute Gasteiger partial charge is 0.478 e. The van der Waals surface area contributed by atoms with Crippen LogP contribution in [0.25, 0.3) is 5.57 Å². The Balaban J connectivity index is 2.46. The van der Waals surface area contributed by atoms with Gasteiger partial charge in [-0.2, -0.15) is 13.2 Å². The summed E-state index contributed by atoms with van der Waals surface area (Å²) in [6.45, 7) is 0. The molecule has 0 radical (unpaired) electrons. The van der Waals surface area contributed by atoms with Crippen molar-refractivity contribution >= 4 is 23.1 Å². The maximum atomic E-state index is 12.7. The van der Waals surface area contributed by atoms with Gasteiger partial charge in [-0.25, -0.2) is 9.78 Å². The Morgan fingerprint density at radius 1 is 1.08 bits per heavy atom. The van der Waals surface area contributed by atoms with Crippen LogP contribution < -0.4 is 0 Å². The van der Waals surface area contributed by atoms with E-state index in [2.05, 4.69) is 4.98 Å². The predicted molar refractivity (Wildman–Crippen MR) is 84.5 cm³/mol. The summed E-state index contributed by atoms with van der Waals surface area (Å²) >= 11 is 5.73. The lowest BCUT2D eigenvalue weighted by Crippen LogP contribution is -2.04. The Bertz CT molecular complexity index is 779. The average Bonchev–Trinajstić information content (AvgIpc) is 2.52. The van der Waals surface area contributed by atoms with E-state index in [0.717, 1.165) is 18.2 Å². The second-order valence-electron chi connectivity index (χ2n) is 4.72. The van der Waals surface area contributed by atoms with E-state index in [9.17, 15) is 18.0 Å². The summed E-state index contributed by atoms with van der Waals surface area (Å²) in [5.41, 5.74) is 0.836. The zero-order valence-corrected chi connectivity index (χ0v) is 12.8. The summed E-state index contributed by atoms with van der Waals surface area (Å²) in [7, 11) is 0. The van der Waals surface area contributed by atoms with Crippen LogP contribution in [-0.2, 0) is 11.0 Å². The van der Waals surface area contributed by atoms with Gasteiger partial charge in [0.05, 0.1) is 5.56 Å². The van der Waals surface area contributed by atoms with Gasteiger partial charge in [0.25, 0.3) is 0 Å². The normalized spacial score (nSPS) is 12.6. The number of carboxylic acids is 1. The molecule has 0 aliphatic heterocycles. The quantitative estimate of drug-likeness (QED) is 0.487. The molecule has 2 rings (SSSR count). The van der Waals surface area contributed by atoms with Crippen LogP contribution in [0.5, 0.6) is 0 Å². The summed E-state index contributed by atoms with van der Waals surface area (Å²) in [6.07, 6.45) is 0.743. The standard InChI is InChI=1S/C17H11ClF3NO2/c18-15-9-6-12(10-22-15)14(2-1-3-16(23)24)11-4-7-13(8-5-11)17(19,20)21/h1-10H,(H,23,24)/b3-1+,14-2+. The van der Waals surface area contributed by atoms with Crippen LogP contribution in [-0.4, -0.2) is 16.1 Å². The van der Waals surface area contributed by atoms with E-state index in [0.29, 0.717) is 16.7 Å². The van der Waals surface area contributed by atoms with E-state index >= 15 is 0 Å². The van der Waals surface area contributed by atoms with Gasteiger partial charge >= 0.3 is 12.1 Å². The van der Waals surface area contributed by atoms with Crippen molar-refractivity contribution in [2.75, 3.05) is 0 Å². The lowest BCUT2D eigenvalue weighted by atomic mass is 9.97. The first-order valence-corrected chi connectivity index (χ1v) is 7.06. The Hall–Kier alpha value is -2.60. The van der Waals surface area contributed by atoms with Crippen molar-refractivity contribution in [3.8, 4) is 0 Å². The monoisotopic (exact) mass is 353 g/mol. The average molecular weight is 354 g/mol. The number of aliphatic carboxylic acids is 1. The molecule has 0 fully saturated rings. The zero-order chi connectivity index (χ0) is 17.7. The molecule has 1 N–H and O–H groups in total. The molecule has 1 aromatic heterocycles. The summed E-state index contributed by atoms with van der Waals surface area (Å²) in [4.78, 5) is 14.5. The minimum atomic E-state index is -4.42. The molecule has 0 unspecified atom stereocenters. The molecular weight excluding hydrogens is 343 g/mol. The number of nitrogens with zero attached hydrogens (tertiary/aromatic N) is 1. The van der Waals surface area contributed by atoms with Crippen molar-refractivity contribution in [3.63, 3.8) is 0 Å². The molecule has 0 saturated carbocycles. The Labute approximate surface area is 140 Å². The summed E-state index contributed by atoms with van der Waals surface area (Å²) in [5, 5.41) is 8.93. The number of hydrogen-bond donors (Lipinski definition) is 1. The molecule has 2 aromatic rings. The first-order chi connectivity index (χ1) is 11.3. The van der Waals surface area contributed by atoms with E-state index in [-0.39, 0.29) is 5.15 Å². The minimum absolute atomic E-state index is 0.270. The summed E-state index contributed by atoms with van der Waals surface area (Å²) in [6, 6.07) is 7.75. The first-order valence-electron chi connectivity index (χ1n) is 6.68. The molecule has 24 heavy (non-hydrogen) atoms. The number of aromatic nitrogens is 1. The molecule has 1 heterocycles. The second kappa shape index (κ2) is 7.31. The van der Waals surface area contributed by atoms with Crippen LogP contribution in [0.2, 0.25) is 5.15 Å². The van der Waals surface area contributed by atoms with Gasteiger partial charge in [-0.05, 0) is 35.4 Å². The fourth-order valence-electron chi connectivity index (χ4n) is 1.96. The number of alkyl halides is 3. The fourth-order valence-corrected chi connectivity index (χ4v) is 2.07. The van der Waals surface area contributed by atoms with Gasteiger partial charge in [0.1, 0.15) is 5.15 Å². The maximum Gasteiger partial charge on any atom is 0.416 e. The molecular formula is C17H11ClF3NO2. The lowest BCUT2D eigenvalue weighted by Gasteiger charge is -2.10. The van der Waals surface area contributed by atoms with Crippen LogP contribution in [0, 0.1) is 0 Å². The first kappa shape index (κ1) is 17.7. The molecule has 7 heteroatoms. The number of benzene rings is 1. The molecule has 0 aliphatic rings. The number of hydrogen-bond acceptors (Lipinski definition) is 2. The number of allylic oxidation sites excluding steroid dienone is 2. The molecule has 3 nitrogen and oxygen atoms in total. The van der Waals surface area contributed by atoms with Crippen molar-refractivity contribution in [1.82, 2.24) is 4.98 Å². The molecule has 0 amide bonds.